The summed E-state index contributed by atoms with van der Waals surface area (Å²) in [6, 6.07) is 9.95. The maximum absolute atomic E-state index is 13.1. The molecule has 0 bridgehead atoms. The van der Waals surface area contributed by atoms with Crippen molar-refractivity contribution in [1.82, 2.24) is 9.80 Å². The van der Waals surface area contributed by atoms with Crippen molar-refractivity contribution in [3.8, 4) is 0 Å². The average molecular weight is 617 g/mol. The third-order valence-electron chi connectivity index (χ3n) is 8.09. The first-order valence-electron chi connectivity index (χ1n) is 13.5. The number of hydrogen-bond acceptors (Lipinski definition) is 10. The molecule has 0 saturated carbocycles. The van der Waals surface area contributed by atoms with Crippen LogP contribution < -0.4 is 10.6 Å². The van der Waals surface area contributed by atoms with Gasteiger partial charge in [-0.25, -0.2) is 16.8 Å². The van der Waals surface area contributed by atoms with Crippen molar-refractivity contribution in [2.24, 2.45) is 0 Å². The fourth-order valence-corrected chi connectivity index (χ4v) is 10.2. The summed E-state index contributed by atoms with van der Waals surface area (Å²) in [5.74, 6) is -2.16. The Morgan fingerprint density at radius 1 is 0.595 bits per heavy atom. The molecule has 3 aliphatic heterocycles. The summed E-state index contributed by atoms with van der Waals surface area (Å²) in [5, 5.41) is 5.50. The first-order chi connectivity index (χ1) is 19.7. The quantitative estimate of drug-likeness (QED) is 0.401. The van der Waals surface area contributed by atoms with E-state index in [9.17, 15) is 36.0 Å². The van der Waals surface area contributed by atoms with Crippen LogP contribution in [0.1, 0.15) is 34.6 Å². The standard InChI is InChI=1S/C28H32N4O8S2/c1-17(33)19-3-7-21(8-4-19)29-27(35)11-31-23-13-41(37,38)15-25(23)32(26-16-42(39,40)14-24(26)31)12-28(36)30-22-9-5-20(6-10-22)18(2)34/h3-10,23-26H,11-16H2,1-2H3,(H,29,35)(H,30,36). The zero-order chi connectivity index (χ0) is 30.4. The second-order valence-electron chi connectivity index (χ2n) is 11.1. The van der Waals surface area contributed by atoms with Gasteiger partial charge in [0.05, 0.1) is 36.1 Å². The van der Waals surface area contributed by atoms with Crippen LogP contribution in [0.3, 0.4) is 0 Å². The number of hydrogen-bond donors (Lipinski definition) is 2. The van der Waals surface area contributed by atoms with Crippen molar-refractivity contribution in [1.29, 1.82) is 0 Å². The van der Waals surface area contributed by atoms with Gasteiger partial charge in [0.1, 0.15) is 0 Å². The highest BCUT2D eigenvalue weighted by molar-refractivity contribution is 7.92. The number of nitrogens with zero attached hydrogens (tertiary/aromatic N) is 2. The number of carbonyl (C=O) groups is 4. The van der Waals surface area contributed by atoms with Crippen molar-refractivity contribution < 1.29 is 36.0 Å². The molecular formula is C28H32N4O8S2. The van der Waals surface area contributed by atoms with E-state index in [0.29, 0.717) is 22.5 Å². The molecule has 0 spiro atoms. The first kappa shape index (κ1) is 30.0. The van der Waals surface area contributed by atoms with Crippen LogP contribution in [0.15, 0.2) is 48.5 Å². The van der Waals surface area contributed by atoms with Crippen molar-refractivity contribution in [3.05, 3.63) is 59.7 Å². The van der Waals surface area contributed by atoms with E-state index < -0.39 is 55.7 Å². The zero-order valence-corrected chi connectivity index (χ0v) is 24.8. The summed E-state index contributed by atoms with van der Waals surface area (Å²) in [6.45, 7) is 2.40. The molecule has 3 heterocycles. The summed E-state index contributed by atoms with van der Waals surface area (Å²) in [5.41, 5.74) is 1.86. The van der Waals surface area contributed by atoms with Gasteiger partial charge < -0.3 is 10.6 Å². The molecule has 14 heteroatoms. The molecule has 0 aliphatic carbocycles. The molecule has 3 fully saturated rings. The van der Waals surface area contributed by atoms with Gasteiger partial charge in [-0.1, -0.05) is 0 Å². The van der Waals surface area contributed by atoms with Crippen molar-refractivity contribution in [2.45, 2.75) is 38.0 Å². The Balaban J connectivity index is 1.36. The van der Waals surface area contributed by atoms with Gasteiger partial charge in [0.2, 0.25) is 11.8 Å². The van der Waals surface area contributed by atoms with Crippen LogP contribution in [-0.2, 0) is 29.3 Å². The molecule has 2 N–H and O–H groups in total. The van der Waals surface area contributed by atoms with Crippen LogP contribution in [-0.4, -0.2) is 110 Å². The van der Waals surface area contributed by atoms with Gasteiger partial charge in [0, 0.05) is 46.7 Å². The Morgan fingerprint density at radius 2 is 0.881 bits per heavy atom. The van der Waals surface area contributed by atoms with E-state index in [-0.39, 0.29) is 47.7 Å². The second kappa shape index (κ2) is 11.3. The summed E-state index contributed by atoms with van der Waals surface area (Å²) >= 11 is 0. The largest absolute Gasteiger partial charge is 0.325 e. The zero-order valence-electron chi connectivity index (χ0n) is 23.1. The minimum atomic E-state index is -3.53. The molecular weight excluding hydrogens is 584 g/mol. The molecule has 2 aromatic rings. The van der Waals surface area contributed by atoms with Crippen molar-refractivity contribution in [2.75, 3.05) is 46.7 Å². The number of rotatable bonds is 8. The molecule has 2 amide bonds. The van der Waals surface area contributed by atoms with Crippen LogP contribution in [0.5, 0.6) is 0 Å². The predicted molar refractivity (Wildman–Crippen MR) is 156 cm³/mol. The van der Waals surface area contributed by atoms with Crippen molar-refractivity contribution >= 4 is 54.4 Å². The van der Waals surface area contributed by atoms with E-state index >= 15 is 0 Å². The number of nitrogens with one attached hydrogen (secondary N) is 2. The Hall–Kier alpha value is -3.46. The minimum Gasteiger partial charge on any atom is -0.325 e. The third-order valence-corrected chi connectivity index (χ3v) is 11.5. The molecule has 3 aliphatic rings. The Kier molecular flexibility index (Phi) is 8.09. The lowest BCUT2D eigenvalue weighted by Gasteiger charge is -2.50. The molecule has 2 aromatic carbocycles. The minimum absolute atomic E-state index is 0.118. The van der Waals surface area contributed by atoms with Crippen LogP contribution in [0, 0.1) is 0 Å². The number of Topliss-reactive ketones (excluding diaryl/α,β-unsaturated/α-hetero) is 2. The lowest BCUT2D eigenvalue weighted by molar-refractivity contribution is -0.125. The monoisotopic (exact) mass is 616 g/mol. The Labute approximate surface area is 244 Å². The lowest BCUT2D eigenvalue weighted by Crippen LogP contribution is -2.69. The molecule has 0 aromatic heterocycles. The third kappa shape index (κ3) is 6.46. The van der Waals surface area contributed by atoms with E-state index in [4.69, 9.17) is 0 Å². The molecule has 4 atom stereocenters. The van der Waals surface area contributed by atoms with Crippen molar-refractivity contribution in [3.63, 3.8) is 0 Å². The summed E-state index contributed by atoms with van der Waals surface area (Å²) in [4.78, 5) is 52.7. The van der Waals surface area contributed by atoms with E-state index in [1.54, 1.807) is 58.3 Å². The van der Waals surface area contributed by atoms with Gasteiger partial charge in [-0.05, 0) is 62.4 Å². The lowest BCUT2D eigenvalue weighted by atomic mass is 9.94. The highest BCUT2D eigenvalue weighted by atomic mass is 32.2. The van der Waals surface area contributed by atoms with E-state index in [0.717, 1.165) is 0 Å². The fraction of sp³-hybridized carbons (Fsp3) is 0.429. The number of sulfone groups is 2. The molecule has 5 rings (SSSR count). The number of amides is 2. The maximum Gasteiger partial charge on any atom is 0.238 e. The summed E-state index contributed by atoms with van der Waals surface area (Å²) in [6.07, 6.45) is 0. The van der Waals surface area contributed by atoms with Gasteiger partial charge in [-0.3, -0.25) is 29.0 Å². The highest BCUT2D eigenvalue weighted by Crippen LogP contribution is 2.37. The molecule has 224 valence electrons. The van der Waals surface area contributed by atoms with Gasteiger partial charge in [0.25, 0.3) is 0 Å². The fourth-order valence-electron chi connectivity index (χ4n) is 6.16. The number of anilines is 2. The SMILES string of the molecule is CC(=O)c1ccc(NC(=O)CN2C3CS(=O)(=O)CC3N(CC(=O)Nc3ccc(C(C)=O)cc3)C3CS(=O)(=O)CC32)cc1. The molecule has 12 nitrogen and oxygen atoms in total. The van der Waals surface area contributed by atoms with Crippen LogP contribution in [0.4, 0.5) is 11.4 Å². The van der Waals surface area contributed by atoms with E-state index in [2.05, 4.69) is 10.6 Å². The van der Waals surface area contributed by atoms with Gasteiger partial charge >= 0.3 is 0 Å². The Morgan fingerprint density at radius 3 is 1.14 bits per heavy atom. The normalized spacial score (nSPS) is 26.1. The van der Waals surface area contributed by atoms with Crippen LogP contribution in [0.25, 0.3) is 0 Å². The summed E-state index contributed by atoms with van der Waals surface area (Å²) in [7, 11) is -7.06. The van der Waals surface area contributed by atoms with Gasteiger partial charge in [0.15, 0.2) is 31.2 Å². The molecule has 3 saturated heterocycles. The highest BCUT2D eigenvalue weighted by Gasteiger charge is 2.58. The molecule has 42 heavy (non-hydrogen) atoms. The first-order valence-corrected chi connectivity index (χ1v) is 17.1. The predicted octanol–water partition coefficient (Wildman–Crippen LogP) is 0.618. The average Bonchev–Trinajstić information content (AvgIpc) is 3.41. The van der Waals surface area contributed by atoms with Crippen LogP contribution >= 0.6 is 0 Å². The van der Waals surface area contributed by atoms with E-state index in [1.165, 1.54) is 13.8 Å². The number of piperazine rings is 1. The van der Waals surface area contributed by atoms with E-state index in [1.807, 2.05) is 0 Å². The van der Waals surface area contributed by atoms with Crippen LogP contribution in [0.2, 0.25) is 0 Å². The van der Waals surface area contributed by atoms with Gasteiger partial charge in [-0.2, -0.15) is 0 Å². The molecule has 0 radical (unpaired) electrons. The smallest absolute Gasteiger partial charge is 0.238 e. The second-order valence-corrected chi connectivity index (χ2v) is 15.4. The number of fused-ring (bicyclic) bond motifs is 2. The topological polar surface area (TPSA) is 167 Å². The number of carbonyl (C=O) groups excluding carboxylic acids is 4. The number of ketones is 2. The Bertz CT molecular complexity index is 1480. The van der Waals surface area contributed by atoms with Gasteiger partial charge in [-0.15, -0.1) is 0 Å². The summed E-state index contributed by atoms with van der Waals surface area (Å²) < 4.78 is 51.3. The maximum atomic E-state index is 13.1. The number of benzene rings is 2. The molecule has 4 unspecified atom stereocenters.